The molecule has 1 aromatic carbocycles. The number of benzene rings is 1. The Bertz CT molecular complexity index is 483. The summed E-state index contributed by atoms with van der Waals surface area (Å²) in [7, 11) is -4.32. The molecule has 0 bridgehead atoms. The van der Waals surface area contributed by atoms with Crippen molar-refractivity contribution in [3.63, 3.8) is 0 Å². The minimum absolute atomic E-state index is 0. The average Bonchev–Trinajstić information content (AvgIpc) is 2.38. The quantitative estimate of drug-likeness (QED) is 0.389. The molecular weight excluding hydrogens is 295 g/mol. The first kappa shape index (κ1) is 21.1. The summed E-state index contributed by atoms with van der Waals surface area (Å²) >= 11 is 0. The van der Waals surface area contributed by atoms with Crippen LogP contribution in [0.4, 0.5) is 0 Å². The predicted octanol–water partition coefficient (Wildman–Crippen LogP) is 1.13. The molecule has 0 spiro atoms. The van der Waals surface area contributed by atoms with Crippen LogP contribution < -0.4 is 29.6 Å². The Balaban J connectivity index is 0.00000400. The molecular formula is C16H25NaO3S. The van der Waals surface area contributed by atoms with E-state index in [1.165, 1.54) is 50.7 Å². The van der Waals surface area contributed by atoms with Crippen molar-refractivity contribution in [1.82, 2.24) is 0 Å². The molecule has 0 aliphatic rings. The summed E-state index contributed by atoms with van der Waals surface area (Å²) in [4.78, 5) is -0.145. The van der Waals surface area contributed by atoms with E-state index in [1.54, 1.807) is 12.1 Å². The molecule has 0 N–H and O–H groups in total. The fraction of sp³-hybridized carbons (Fsp3) is 0.625. The third-order valence-electron chi connectivity index (χ3n) is 3.60. The van der Waals surface area contributed by atoms with E-state index in [0.717, 1.165) is 12.0 Å². The van der Waals surface area contributed by atoms with Crippen LogP contribution in [0.1, 0.15) is 57.9 Å². The van der Waals surface area contributed by atoms with Gasteiger partial charge in [0.2, 0.25) is 0 Å². The fourth-order valence-corrected chi connectivity index (χ4v) is 2.86. The number of hydrogen-bond acceptors (Lipinski definition) is 3. The topological polar surface area (TPSA) is 57.2 Å². The monoisotopic (exact) mass is 320 g/mol. The van der Waals surface area contributed by atoms with Crippen LogP contribution in [0.25, 0.3) is 0 Å². The van der Waals surface area contributed by atoms with E-state index in [2.05, 4.69) is 13.8 Å². The second kappa shape index (κ2) is 10.8. The van der Waals surface area contributed by atoms with Gasteiger partial charge in [-0.25, -0.2) is 8.42 Å². The van der Waals surface area contributed by atoms with Crippen molar-refractivity contribution < 1.29 is 42.5 Å². The molecule has 0 aromatic heterocycles. The first-order valence-electron chi connectivity index (χ1n) is 7.48. The molecule has 0 heterocycles. The average molecular weight is 320 g/mol. The molecule has 21 heavy (non-hydrogen) atoms. The van der Waals surface area contributed by atoms with Crippen LogP contribution in [0, 0.1) is 5.92 Å². The van der Waals surface area contributed by atoms with Crippen LogP contribution in [-0.4, -0.2) is 13.0 Å². The predicted molar refractivity (Wildman–Crippen MR) is 80.6 cm³/mol. The van der Waals surface area contributed by atoms with Crippen LogP contribution in [-0.2, 0) is 16.5 Å². The molecule has 1 rings (SSSR count). The summed E-state index contributed by atoms with van der Waals surface area (Å²) in [5.74, 6) is 0.589. The molecule has 0 fully saturated rings. The van der Waals surface area contributed by atoms with E-state index in [-0.39, 0.29) is 34.5 Å². The molecule has 5 heteroatoms. The van der Waals surface area contributed by atoms with Crippen molar-refractivity contribution in [1.29, 1.82) is 0 Å². The molecule has 0 amide bonds. The number of hydrogen-bond donors (Lipinski definition) is 0. The van der Waals surface area contributed by atoms with Gasteiger partial charge in [0.25, 0.3) is 0 Å². The van der Waals surface area contributed by atoms with Gasteiger partial charge in [-0.2, -0.15) is 0 Å². The summed E-state index contributed by atoms with van der Waals surface area (Å²) in [6, 6.07) is 6.31. The van der Waals surface area contributed by atoms with Crippen molar-refractivity contribution >= 4 is 10.1 Å². The van der Waals surface area contributed by atoms with Crippen LogP contribution in [0.3, 0.4) is 0 Å². The Kier molecular flexibility index (Phi) is 10.9. The fourth-order valence-electron chi connectivity index (χ4n) is 2.39. The van der Waals surface area contributed by atoms with Crippen molar-refractivity contribution in [2.75, 3.05) is 0 Å². The Morgan fingerprint density at radius 1 is 1.05 bits per heavy atom. The Morgan fingerprint density at radius 3 is 2.14 bits per heavy atom. The van der Waals surface area contributed by atoms with Crippen molar-refractivity contribution in [3.05, 3.63) is 29.8 Å². The maximum atomic E-state index is 10.8. The molecule has 114 valence electrons. The SMILES string of the molecule is CCCCCCCC(C)Cc1ccc(S(=O)(=O)[O-])cc1.[Na+]. The normalized spacial score (nSPS) is 12.7. The molecule has 1 aromatic rings. The summed E-state index contributed by atoms with van der Waals surface area (Å²) in [6.07, 6.45) is 8.60. The first-order valence-corrected chi connectivity index (χ1v) is 8.89. The Morgan fingerprint density at radius 2 is 1.62 bits per heavy atom. The summed E-state index contributed by atoms with van der Waals surface area (Å²) in [5, 5.41) is 0. The smallest absolute Gasteiger partial charge is 0.744 e. The third-order valence-corrected chi connectivity index (χ3v) is 4.45. The maximum absolute atomic E-state index is 10.8. The first-order chi connectivity index (χ1) is 9.43. The van der Waals surface area contributed by atoms with Gasteiger partial charge < -0.3 is 4.55 Å². The second-order valence-corrected chi connectivity index (χ2v) is 6.99. The van der Waals surface area contributed by atoms with Gasteiger partial charge in [-0.3, -0.25) is 0 Å². The van der Waals surface area contributed by atoms with Crippen LogP contribution in [0.15, 0.2) is 29.2 Å². The van der Waals surface area contributed by atoms with E-state index in [9.17, 15) is 13.0 Å². The van der Waals surface area contributed by atoms with Gasteiger partial charge >= 0.3 is 29.6 Å². The molecule has 0 saturated heterocycles. The van der Waals surface area contributed by atoms with Crippen molar-refractivity contribution in [2.24, 2.45) is 5.92 Å². The molecule has 1 unspecified atom stereocenters. The molecule has 0 aliphatic heterocycles. The number of unbranched alkanes of at least 4 members (excludes halogenated alkanes) is 4. The van der Waals surface area contributed by atoms with Gasteiger partial charge in [0.15, 0.2) is 0 Å². The van der Waals surface area contributed by atoms with Gasteiger partial charge in [-0.05, 0) is 30.0 Å². The minimum Gasteiger partial charge on any atom is -0.744 e. The van der Waals surface area contributed by atoms with E-state index in [4.69, 9.17) is 0 Å². The van der Waals surface area contributed by atoms with Crippen LogP contribution in [0.5, 0.6) is 0 Å². The summed E-state index contributed by atoms with van der Waals surface area (Å²) in [5.41, 5.74) is 1.10. The van der Waals surface area contributed by atoms with Crippen molar-refractivity contribution in [2.45, 2.75) is 63.7 Å². The zero-order valence-corrected chi connectivity index (χ0v) is 16.3. The zero-order valence-electron chi connectivity index (χ0n) is 13.5. The Labute approximate surface area is 151 Å². The minimum atomic E-state index is -4.32. The van der Waals surface area contributed by atoms with Crippen LogP contribution >= 0.6 is 0 Å². The molecule has 0 radical (unpaired) electrons. The van der Waals surface area contributed by atoms with E-state index < -0.39 is 10.1 Å². The van der Waals surface area contributed by atoms with Crippen molar-refractivity contribution in [3.8, 4) is 0 Å². The summed E-state index contributed by atoms with van der Waals surface area (Å²) < 4.78 is 32.5. The van der Waals surface area contributed by atoms with E-state index >= 15 is 0 Å². The molecule has 1 atom stereocenters. The largest absolute Gasteiger partial charge is 1.00 e. The number of rotatable bonds is 9. The zero-order chi connectivity index (χ0) is 15.0. The Hall–Kier alpha value is 0.130. The van der Waals surface area contributed by atoms with E-state index in [1.807, 2.05) is 0 Å². The van der Waals surface area contributed by atoms with Gasteiger partial charge in [-0.15, -0.1) is 0 Å². The van der Waals surface area contributed by atoms with Gasteiger partial charge in [0.1, 0.15) is 10.1 Å². The molecule has 0 aliphatic carbocycles. The van der Waals surface area contributed by atoms with Crippen LogP contribution in [0.2, 0.25) is 0 Å². The standard InChI is InChI=1S/C16H26O3S.Na/c1-3-4-5-6-7-8-14(2)13-15-9-11-16(12-10-15)20(17,18)19;/h9-12,14H,3-8,13H2,1-2H3,(H,17,18,19);/q;+1/p-1. The maximum Gasteiger partial charge on any atom is 1.00 e. The second-order valence-electron chi connectivity index (χ2n) is 5.61. The van der Waals surface area contributed by atoms with Gasteiger partial charge in [0.05, 0.1) is 4.90 Å². The van der Waals surface area contributed by atoms with Gasteiger partial charge in [0, 0.05) is 0 Å². The van der Waals surface area contributed by atoms with E-state index in [0.29, 0.717) is 5.92 Å². The van der Waals surface area contributed by atoms with Gasteiger partial charge in [-0.1, -0.05) is 64.5 Å². The molecule has 3 nitrogen and oxygen atoms in total. The summed E-state index contributed by atoms with van der Waals surface area (Å²) in [6.45, 7) is 4.44. The molecule has 0 saturated carbocycles. The third kappa shape index (κ3) is 8.99.